The van der Waals surface area contributed by atoms with E-state index in [1.54, 1.807) is 12.2 Å². The number of hydrogen-bond acceptors (Lipinski definition) is 5. The van der Waals surface area contributed by atoms with E-state index in [9.17, 15) is 4.79 Å². The summed E-state index contributed by atoms with van der Waals surface area (Å²) < 4.78 is 23.2. The van der Waals surface area contributed by atoms with Crippen LogP contribution in [0.25, 0.3) is 0 Å². The van der Waals surface area contributed by atoms with Crippen molar-refractivity contribution in [3.8, 4) is 5.75 Å². The minimum absolute atomic E-state index is 0.0821. The van der Waals surface area contributed by atoms with Gasteiger partial charge in [-0.1, -0.05) is 18.2 Å². The molecule has 1 atom stereocenters. The predicted molar refractivity (Wildman–Crippen MR) is 127 cm³/mol. The van der Waals surface area contributed by atoms with Crippen LogP contribution in [-0.4, -0.2) is 55.6 Å². The molecule has 1 saturated heterocycles. The molecule has 0 bridgehead atoms. The van der Waals surface area contributed by atoms with Crippen molar-refractivity contribution in [2.24, 2.45) is 0 Å². The molecule has 3 aliphatic rings. The minimum atomic E-state index is -0.107. The molecule has 1 unspecified atom stereocenters. The Kier molecular flexibility index (Phi) is 8.59. The second kappa shape index (κ2) is 11.8. The first-order chi connectivity index (χ1) is 16.2. The summed E-state index contributed by atoms with van der Waals surface area (Å²) in [5.74, 6) is 1.63. The number of ether oxygens (including phenoxy) is 4. The Morgan fingerprint density at radius 3 is 2.52 bits per heavy atom. The van der Waals surface area contributed by atoms with Crippen LogP contribution in [0.3, 0.4) is 0 Å². The van der Waals surface area contributed by atoms with Crippen LogP contribution in [-0.2, 0) is 19.0 Å². The van der Waals surface area contributed by atoms with Crippen molar-refractivity contribution in [3.63, 3.8) is 0 Å². The zero-order valence-electron chi connectivity index (χ0n) is 19.7. The van der Waals surface area contributed by atoms with E-state index in [4.69, 9.17) is 18.9 Å². The number of amides is 1. The molecule has 4 rings (SSSR count). The zero-order chi connectivity index (χ0) is 23.0. The normalized spacial score (nSPS) is 25.2. The molecule has 3 fully saturated rings. The van der Waals surface area contributed by atoms with E-state index in [-0.39, 0.29) is 24.3 Å². The fourth-order valence-corrected chi connectivity index (χ4v) is 4.42. The largest absolute Gasteiger partial charge is 0.452 e. The third kappa shape index (κ3) is 6.69. The molecule has 33 heavy (non-hydrogen) atoms. The highest BCUT2D eigenvalue weighted by Crippen LogP contribution is 2.40. The highest BCUT2D eigenvalue weighted by Gasteiger charge is 2.37. The third-order valence-electron chi connectivity index (χ3n) is 6.61. The molecule has 1 aromatic carbocycles. The van der Waals surface area contributed by atoms with Crippen molar-refractivity contribution >= 4 is 5.91 Å². The van der Waals surface area contributed by atoms with Crippen LogP contribution < -0.4 is 4.74 Å². The minimum Gasteiger partial charge on any atom is -0.452 e. The van der Waals surface area contributed by atoms with Crippen LogP contribution in [0.15, 0.2) is 48.8 Å². The van der Waals surface area contributed by atoms with Gasteiger partial charge in [0.2, 0.25) is 0 Å². The molecule has 0 aromatic heterocycles. The van der Waals surface area contributed by atoms with Gasteiger partial charge in [0.1, 0.15) is 5.75 Å². The summed E-state index contributed by atoms with van der Waals surface area (Å²) in [7, 11) is 0. The van der Waals surface area contributed by atoms with E-state index < -0.39 is 0 Å². The van der Waals surface area contributed by atoms with Gasteiger partial charge in [0.15, 0.2) is 12.0 Å². The molecule has 1 amide bonds. The lowest BCUT2D eigenvalue weighted by Crippen LogP contribution is -2.51. The molecule has 0 N–H and O–H groups in total. The third-order valence-corrected chi connectivity index (χ3v) is 6.61. The zero-order valence-corrected chi connectivity index (χ0v) is 19.7. The average Bonchev–Trinajstić information content (AvgIpc) is 3.66. The Bertz CT molecular complexity index is 804. The molecule has 0 spiro atoms. The highest BCUT2D eigenvalue weighted by molar-refractivity contribution is 5.92. The first-order valence-corrected chi connectivity index (χ1v) is 12.4. The summed E-state index contributed by atoms with van der Waals surface area (Å²) in [6.07, 6.45) is 11.0. The van der Waals surface area contributed by atoms with Crippen LogP contribution >= 0.6 is 0 Å². The number of allylic oxidation sites excluding steroid dienone is 1. The van der Waals surface area contributed by atoms with Gasteiger partial charge in [-0.15, -0.1) is 6.58 Å². The lowest BCUT2D eigenvalue weighted by Gasteiger charge is -2.42. The molecule has 0 radical (unpaired) electrons. The van der Waals surface area contributed by atoms with Gasteiger partial charge >= 0.3 is 0 Å². The van der Waals surface area contributed by atoms with Crippen molar-refractivity contribution in [1.29, 1.82) is 0 Å². The van der Waals surface area contributed by atoms with E-state index in [0.29, 0.717) is 37.2 Å². The van der Waals surface area contributed by atoms with Gasteiger partial charge in [-0.2, -0.15) is 0 Å². The average molecular weight is 456 g/mol. The number of nitrogens with zero attached hydrogens (tertiary/aromatic N) is 1. The van der Waals surface area contributed by atoms with E-state index >= 15 is 0 Å². The predicted octanol–water partition coefficient (Wildman–Crippen LogP) is 4.95. The number of benzene rings is 1. The van der Waals surface area contributed by atoms with Crippen molar-refractivity contribution < 1.29 is 23.7 Å². The van der Waals surface area contributed by atoms with Crippen molar-refractivity contribution in [2.75, 3.05) is 26.4 Å². The van der Waals surface area contributed by atoms with Crippen LogP contribution in [0, 0.1) is 0 Å². The van der Waals surface area contributed by atoms with E-state index in [2.05, 4.69) is 18.7 Å². The standard InChI is InChI=1S/C27H37NO5/c1-3-14-28(22-18-24(19-22)30-16-17-32-26-7-5-6-15-31-26)27(29)25(4-2)33-23-12-10-21(11-13-23)20-8-9-20/h3-4,10-13,20,22,24,26H,1,5-9,14-19H2,2H3/b25-4+. The fourth-order valence-electron chi connectivity index (χ4n) is 4.42. The summed E-state index contributed by atoms with van der Waals surface area (Å²) >= 11 is 0. The van der Waals surface area contributed by atoms with Gasteiger partial charge in [-0.3, -0.25) is 4.79 Å². The highest BCUT2D eigenvalue weighted by atomic mass is 16.7. The Hall–Kier alpha value is -2.15. The summed E-state index contributed by atoms with van der Waals surface area (Å²) in [6, 6.07) is 8.24. The summed E-state index contributed by atoms with van der Waals surface area (Å²) in [5, 5.41) is 0. The van der Waals surface area contributed by atoms with Gasteiger partial charge in [-0.25, -0.2) is 0 Å². The van der Waals surface area contributed by atoms with Crippen LogP contribution in [0.4, 0.5) is 0 Å². The molecule has 1 aliphatic heterocycles. The van der Waals surface area contributed by atoms with Gasteiger partial charge in [0, 0.05) is 19.2 Å². The Labute approximate surface area is 197 Å². The van der Waals surface area contributed by atoms with Crippen molar-refractivity contribution in [3.05, 3.63) is 54.3 Å². The molecule has 1 heterocycles. The molecule has 6 heteroatoms. The number of rotatable bonds is 12. The van der Waals surface area contributed by atoms with E-state index in [0.717, 1.165) is 38.7 Å². The lowest BCUT2D eigenvalue weighted by atomic mass is 9.87. The Morgan fingerprint density at radius 2 is 1.88 bits per heavy atom. The van der Waals surface area contributed by atoms with E-state index in [1.807, 2.05) is 24.0 Å². The van der Waals surface area contributed by atoms with Crippen LogP contribution in [0.2, 0.25) is 0 Å². The summed E-state index contributed by atoms with van der Waals surface area (Å²) in [6.45, 7) is 8.03. The Morgan fingerprint density at radius 1 is 1.12 bits per heavy atom. The van der Waals surface area contributed by atoms with Gasteiger partial charge < -0.3 is 23.8 Å². The summed E-state index contributed by atoms with van der Waals surface area (Å²) in [4.78, 5) is 15.1. The monoisotopic (exact) mass is 455 g/mol. The van der Waals surface area contributed by atoms with Crippen LogP contribution in [0.5, 0.6) is 5.75 Å². The SMILES string of the molecule is C=CCN(C(=O)/C(=C\C)Oc1ccc(C2CC2)cc1)C1CC(OCCOC2CCCCO2)C1. The van der Waals surface area contributed by atoms with Crippen molar-refractivity contribution in [2.45, 2.75) is 76.2 Å². The summed E-state index contributed by atoms with van der Waals surface area (Å²) in [5.41, 5.74) is 1.35. The van der Waals surface area contributed by atoms with E-state index in [1.165, 1.54) is 18.4 Å². The molecule has 2 aliphatic carbocycles. The second-order valence-electron chi connectivity index (χ2n) is 9.13. The second-order valence-corrected chi connectivity index (χ2v) is 9.13. The molecule has 6 nitrogen and oxygen atoms in total. The van der Waals surface area contributed by atoms with Gasteiger partial charge in [0.05, 0.1) is 19.3 Å². The van der Waals surface area contributed by atoms with Crippen molar-refractivity contribution in [1.82, 2.24) is 4.90 Å². The smallest absolute Gasteiger partial charge is 0.289 e. The molecular formula is C27H37NO5. The number of carbonyl (C=O) groups is 1. The molecular weight excluding hydrogens is 418 g/mol. The maximum absolute atomic E-state index is 13.2. The van der Waals surface area contributed by atoms with Gasteiger partial charge in [0.25, 0.3) is 5.91 Å². The first kappa shape index (κ1) is 24.0. The van der Waals surface area contributed by atoms with Crippen LogP contribution in [0.1, 0.15) is 63.4 Å². The fraction of sp³-hybridized carbons (Fsp3) is 0.593. The Balaban J connectivity index is 1.22. The first-order valence-electron chi connectivity index (χ1n) is 12.4. The molecule has 1 aromatic rings. The molecule has 2 saturated carbocycles. The van der Waals surface area contributed by atoms with Gasteiger partial charge in [-0.05, 0) is 81.6 Å². The lowest BCUT2D eigenvalue weighted by molar-refractivity contribution is -0.175. The topological polar surface area (TPSA) is 57.2 Å². The maximum Gasteiger partial charge on any atom is 0.289 e. The number of carbonyl (C=O) groups excluding carboxylic acids is 1. The quantitative estimate of drug-likeness (QED) is 0.193. The maximum atomic E-state index is 13.2. The number of hydrogen-bond donors (Lipinski definition) is 0. The molecule has 180 valence electrons.